The molecule has 0 atom stereocenters. The average molecular weight is 375 g/mol. The van der Waals surface area contributed by atoms with Gasteiger partial charge >= 0.3 is 0 Å². The summed E-state index contributed by atoms with van der Waals surface area (Å²) >= 11 is 9.52. The number of nitrogens with zero attached hydrogens (tertiary/aromatic N) is 1. The zero-order valence-corrected chi connectivity index (χ0v) is 10.8. The van der Waals surface area contributed by atoms with Crippen LogP contribution in [-0.2, 0) is 0 Å². The summed E-state index contributed by atoms with van der Waals surface area (Å²) in [7, 11) is 0. The topological polar surface area (TPSA) is 69.2 Å². The maximum absolute atomic E-state index is 10.5. The Morgan fingerprint density at radius 1 is 1.31 bits per heavy atom. The standard InChI is InChI=1S/C6H3Br3N2O2/c7-2-1-3(11(12)13)6(10)5(9)4(2)8/h1H,10H2. The van der Waals surface area contributed by atoms with E-state index in [9.17, 15) is 10.1 Å². The van der Waals surface area contributed by atoms with Gasteiger partial charge < -0.3 is 5.73 Å². The number of rotatable bonds is 1. The third kappa shape index (κ3) is 2.03. The molecule has 0 aliphatic carbocycles. The third-order valence-corrected chi connectivity index (χ3v) is 4.71. The molecule has 1 aromatic rings. The molecule has 0 amide bonds. The van der Waals surface area contributed by atoms with E-state index in [1.54, 1.807) is 0 Å². The monoisotopic (exact) mass is 372 g/mol. The van der Waals surface area contributed by atoms with Crippen molar-refractivity contribution >= 4 is 59.2 Å². The molecule has 13 heavy (non-hydrogen) atoms. The van der Waals surface area contributed by atoms with Gasteiger partial charge in [0.05, 0.1) is 9.40 Å². The number of nitro benzene ring substituents is 1. The van der Waals surface area contributed by atoms with Crippen molar-refractivity contribution in [2.75, 3.05) is 5.73 Å². The van der Waals surface area contributed by atoms with Gasteiger partial charge in [0.15, 0.2) is 0 Å². The lowest BCUT2D eigenvalue weighted by atomic mass is 10.3. The molecular formula is C6H3Br3N2O2. The summed E-state index contributed by atoms with van der Waals surface area (Å²) in [5.41, 5.74) is 5.50. The first-order valence-corrected chi connectivity index (χ1v) is 5.40. The van der Waals surface area contributed by atoms with Crippen molar-refractivity contribution in [2.24, 2.45) is 0 Å². The Kier molecular flexibility index (Phi) is 3.31. The van der Waals surface area contributed by atoms with Gasteiger partial charge in [-0.2, -0.15) is 0 Å². The van der Waals surface area contributed by atoms with Gasteiger partial charge in [-0.05, 0) is 47.8 Å². The van der Waals surface area contributed by atoms with E-state index in [0.29, 0.717) is 13.4 Å². The van der Waals surface area contributed by atoms with E-state index < -0.39 is 4.92 Å². The molecule has 0 aliphatic rings. The van der Waals surface area contributed by atoms with Crippen LogP contribution in [0, 0.1) is 10.1 Å². The molecule has 1 aromatic carbocycles. The fourth-order valence-electron chi connectivity index (χ4n) is 0.748. The van der Waals surface area contributed by atoms with E-state index in [1.807, 2.05) is 0 Å². The maximum atomic E-state index is 10.5. The summed E-state index contributed by atoms with van der Waals surface area (Å²) in [5.74, 6) is 0. The first kappa shape index (κ1) is 10.9. The van der Waals surface area contributed by atoms with Crippen LogP contribution in [-0.4, -0.2) is 4.92 Å². The highest BCUT2D eigenvalue weighted by atomic mass is 79.9. The fourth-order valence-corrected chi connectivity index (χ4v) is 2.17. The van der Waals surface area contributed by atoms with E-state index in [1.165, 1.54) is 6.07 Å². The van der Waals surface area contributed by atoms with Crippen molar-refractivity contribution in [2.45, 2.75) is 0 Å². The summed E-state index contributed by atoms with van der Waals surface area (Å²) in [6, 6.07) is 1.35. The minimum absolute atomic E-state index is 0.111. The second kappa shape index (κ2) is 3.93. The summed E-state index contributed by atoms with van der Waals surface area (Å²) in [5, 5.41) is 10.5. The van der Waals surface area contributed by atoms with Gasteiger partial charge in [0.2, 0.25) is 0 Å². The normalized spacial score (nSPS) is 10.1. The third-order valence-electron chi connectivity index (χ3n) is 1.37. The molecule has 0 saturated heterocycles. The molecule has 0 saturated carbocycles. The Balaban J connectivity index is 3.50. The zero-order valence-electron chi connectivity index (χ0n) is 6.05. The molecule has 0 heterocycles. The Bertz CT molecular complexity index is 381. The van der Waals surface area contributed by atoms with E-state index in [2.05, 4.69) is 47.8 Å². The molecule has 2 N–H and O–H groups in total. The van der Waals surface area contributed by atoms with Crippen LogP contribution in [0.1, 0.15) is 0 Å². The summed E-state index contributed by atoms with van der Waals surface area (Å²) in [4.78, 5) is 9.98. The molecule has 0 radical (unpaired) electrons. The Hall–Kier alpha value is -0.140. The predicted molar refractivity (Wildman–Crippen MR) is 60.6 cm³/mol. The predicted octanol–water partition coefficient (Wildman–Crippen LogP) is 3.46. The second-order valence-electron chi connectivity index (χ2n) is 2.18. The SMILES string of the molecule is Nc1c([N+](=O)[O-])cc(Br)c(Br)c1Br. The van der Waals surface area contributed by atoms with Crippen LogP contribution in [0.25, 0.3) is 0 Å². The maximum Gasteiger partial charge on any atom is 0.294 e. The lowest BCUT2D eigenvalue weighted by Crippen LogP contribution is -1.97. The molecule has 4 nitrogen and oxygen atoms in total. The molecule has 0 bridgehead atoms. The van der Waals surface area contributed by atoms with Crippen molar-refractivity contribution < 1.29 is 4.92 Å². The Labute approximate surface area is 99.0 Å². The highest BCUT2D eigenvalue weighted by molar-refractivity contribution is 9.14. The number of nitrogens with two attached hydrogens (primary N) is 1. The van der Waals surface area contributed by atoms with Crippen LogP contribution in [0.2, 0.25) is 0 Å². The lowest BCUT2D eigenvalue weighted by molar-refractivity contribution is -0.384. The molecule has 0 aliphatic heterocycles. The van der Waals surface area contributed by atoms with E-state index >= 15 is 0 Å². The minimum atomic E-state index is -0.530. The highest BCUT2D eigenvalue weighted by Gasteiger charge is 2.18. The highest BCUT2D eigenvalue weighted by Crippen LogP contribution is 2.40. The largest absolute Gasteiger partial charge is 0.392 e. The van der Waals surface area contributed by atoms with Gasteiger partial charge in [-0.3, -0.25) is 10.1 Å². The van der Waals surface area contributed by atoms with Crippen LogP contribution in [0.4, 0.5) is 11.4 Å². The number of halogens is 3. The number of benzene rings is 1. The molecular weight excluding hydrogens is 372 g/mol. The van der Waals surface area contributed by atoms with Crippen LogP contribution in [0.3, 0.4) is 0 Å². The lowest BCUT2D eigenvalue weighted by Gasteiger charge is -2.04. The number of hydrogen-bond donors (Lipinski definition) is 1. The number of hydrogen-bond acceptors (Lipinski definition) is 3. The quantitative estimate of drug-likeness (QED) is 0.354. The van der Waals surface area contributed by atoms with Crippen molar-refractivity contribution in [1.29, 1.82) is 0 Å². The van der Waals surface area contributed by atoms with Gasteiger partial charge in [-0.15, -0.1) is 0 Å². The van der Waals surface area contributed by atoms with Crippen LogP contribution < -0.4 is 5.73 Å². The molecule has 1 rings (SSSR count). The summed E-state index contributed by atoms with van der Waals surface area (Å²) in [6.07, 6.45) is 0. The fraction of sp³-hybridized carbons (Fsp3) is 0. The van der Waals surface area contributed by atoms with Crippen molar-refractivity contribution in [1.82, 2.24) is 0 Å². The Morgan fingerprint density at radius 2 is 1.85 bits per heavy atom. The zero-order chi connectivity index (χ0) is 10.2. The van der Waals surface area contributed by atoms with Gasteiger partial charge in [0.1, 0.15) is 5.69 Å². The first-order chi connectivity index (χ1) is 5.95. The average Bonchev–Trinajstić information content (AvgIpc) is 2.07. The molecule has 70 valence electrons. The molecule has 0 fully saturated rings. The number of nitro groups is 1. The number of anilines is 1. The van der Waals surface area contributed by atoms with Crippen LogP contribution in [0.5, 0.6) is 0 Å². The Morgan fingerprint density at radius 3 is 2.31 bits per heavy atom. The molecule has 0 spiro atoms. The van der Waals surface area contributed by atoms with E-state index in [-0.39, 0.29) is 11.4 Å². The van der Waals surface area contributed by atoms with Crippen LogP contribution >= 0.6 is 47.8 Å². The summed E-state index contributed by atoms with van der Waals surface area (Å²) < 4.78 is 1.73. The first-order valence-electron chi connectivity index (χ1n) is 3.02. The van der Waals surface area contributed by atoms with E-state index in [0.717, 1.165) is 0 Å². The smallest absolute Gasteiger partial charge is 0.294 e. The van der Waals surface area contributed by atoms with Gasteiger partial charge in [0, 0.05) is 15.0 Å². The van der Waals surface area contributed by atoms with E-state index in [4.69, 9.17) is 5.73 Å². The van der Waals surface area contributed by atoms with Crippen LogP contribution in [0.15, 0.2) is 19.5 Å². The molecule has 0 unspecified atom stereocenters. The van der Waals surface area contributed by atoms with Crippen molar-refractivity contribution in [3.05, 3.63) is 29.6 Å². The van der Waals surface area contributed by atoms with Gasteiger partial charge in [-0.25, -0.2) is 0 Å². The molecule has 7 heteroatoms. The minimum Gasteiger partial charge on any atom is -0.392 e. The number of nitrogen functional groups attached to an aromatic ring is 1. The summed E-state index contributed by atoms with van der Waals surface area (Å²) in [6.45, 7) is 0. The van der Waals surface area contributed by atoms with Gasteiger partial charge in [-0.1, -0.05) is 0 Å². The second-order valence-corrected chi connectivity index (χ2v) is 4.62. The van der Waals surface area contributed by atoms with Crippen molar-refractivity contribution in [3.8, 4) is 0 Å². The van der Waals surface area contributed by atoms with Crippen molar-refractivity contribution in [3.63, 3.8) is 0 Å². The molecule has 0 aromatic heterocycles. The van der Waals surface area contributed by atoms with Gasteiger partial charge in [0.25, 0.3) is 5.69 Å².